The molecule has 2 nitrogen and oxygen atoms in total. The number of rotatable bonds is 0. The highest BCUT2D eigenvalue weighted by Gasteiger charge is 2.17. The third kappa shape index (κ3) is 4.16. The Bertz CT molecular complexity index is 755. The van der Waals surface area contributed by atoms with Gasteiger partial charge in [0.05, 0.1) is 6.10 Å². The highest BCUT2D eigenvalue weighted by Crippen LogP contribution is 2.31. The molecule has 2 aliphatic rings. The summed E-state index contributed by atoms with van der Waals surface area (Å²) in [7, 11) is 0. The highest BCUT2D eigenvalue weighted by molar-refractivity contribution is 9.10. The molecule has 4 rings (SSSR count). The zero-order valence-corrected chi connectivity index (χ0v) is 16.6. The lowest BCUT2D eigenvalue weighted by molar-refractivity contribution is 0.0972. The molecule has 0 aromatic heterocycles. The Morgan fingerprint density at radius 3 is 2.33 bits per heavy atom. The van der Waals surface area contributed by atoms with Crippen LogP contribution in [0.25, 0.3) is 0 Å². The molecule has 0 heterocycles. The highest BCUT2D eigenvalue weighted by atomic mass is 79.9. The van der Waals surface area contributed by atoms with Crippen LogP contribution in [0.1, 0.15) is 58.8 Å². The summed E-state index contributed by atoms with van der Waals surface area (Å²) in [5.41, 5.74) is 4.53. The van der Waals surface area contributed by atoms with E-state index < -0.39 is 0 Å². The summed E-state index contributed by atoms with van der Waals surface area (Å²) < 4.78 is 2.17. The summed E-state index contributed by atoms with van der Waals surface area (Å²) >= 11 is 6.83. The first-order valence-corrected chi connectivity index (χ1v) is 9.91. The molecule has 24 heavy (non-hydrogen) atoms. The molecule has 0 fully saturated rings. The standard InChI is InChI=1S/C10H11BrO.C10H9BrO/c2*11-8-4-5-9-7(6-8)2-1-3-10(9)12/h4-6,10,12H,1-3H2;4-6H,1-3H2. The summed E-state index contributed by atoms with van der Waals surface area (Å²) in [5.74, 6) is 0.295. The molecule has 1 N–H and O–H groups in total. The Kier molecular flexibility index (Phi) is 5.90. The Balaban J connectivity index is 0.000000141. The van der Waals surface area contributed by atoms with E-state index in [0.717, 1.165) is 52.2 Å². The van der Waals surface area contributed by atoms with Crippen molar-refractivity contribution in [2.45, 2.75) is 44.6 Å². The molecule has 1 atom stereocenters. The van der Waals surface area contributed by atoms with Crippen LogP contribution in [0.3, 0.4) is 0 Å². The number of benzene rings is 2. The van der Waals surface area contributed by atoms with Gasteiger partial charge in [-0.25, -0.2) is 0 Å². The summed E-state index contributed by atoms with van der Waals surface area (Å²) in [4.78, 5) is 11.4. The maximum atomic E-state index is 11.4. The molecule has 2 aromatic rings. The monoisotopic (exact) mass is 450 g/mol. The second kappa shape index (κ2) is 7.94. The zero-order valence-electron chi connectivity index (χ0n) is 13.4. The van der Waals surface area contributed by atoms with E-state index in [9.17, 15) is 9.90 Å². The van der Waals surface area contributed by atoms with Crippen molar-refractivity contribution < 1.29 is 9.90 Å². The number of aliphatic hydroxyl groups is 1. The third-order valence-electron chi connectivity index (χ3n) is 4.61. The molecule has 0 amide bonds. The molecule has 0 spiro atoms. The number of fused-ring (bicyclic) bond motifs is 2. The van der Waals surface area contributed by atoms with E-state index in [1.54, 1.807) is 0 Å². The van der Waals surface area contributed by atoms with Crippen molar-refractivity contribution in [2.75, 3.05) is 0 Å². The Hall–Kier alpha value is -0.970. The number of carbonyl (C=O) groups is 1. The number of ketones is 1. The van der Waals surface area contributed by atoms with Crippen molar-refractivity contribution in [1.29, 1.82) is 0 Å². The van der Waals surface area contributed by atoms with Gasteiger partial charge in [0.15, 0.2) is 5.78 Å². The molecule has 0 saturated heterocycles. The van der Waals surface area contributed by atoms with E-state index in [1.807, 2.05) is 30.3 Å². The van der Waals surface area contributed by atoms with Crippen LogP contribution >= 0.6 is 31.9 Å². The number of hydrogen-bond donors (Lipinski definition) is 1. The minimum Gasteiger partial charge on any atom is -0.388 e. The molecule has 0 bridgehead atoms. The molecule has 1 unspecified atom stereocenters. The minimum atomic E-state index is -0.234. The molecule has 0 radical (unpaired) electrons. The van der Waals surface area contributed by atoms with E-state index in [4.69, 9.17) is 0 Å². The van der Waals surface area contributed by atoms with Crippen LogP contribution in [0.15, 0.2) is 45.3 Å². The lowest BCUT2D eigenvalue weighted by Crippen LogP contribution is -2.10. The number of aryl methyl sites for hydroxylation is 2. The third-order valence-corrected chi connectivity index (χ3v) is 5.59. The summed E-state index contributed by atoms with van der Waals surface area (Å²) in [5, 5.41) is 9.64. The lowest BCUT2D eigenvalue weighted by atomic mass is 9.90. The number of halogens is 2. The van der Waals surface area contributed by atoms with Gasteiger partial charge in [-0.1, -0.05) is 44.0 Å². The first kappa shape index (κ1) is 17.8. The zero-order chi connectivity index (χ0) is 17.1. The summed E-state index contributed by atoms with van der Waals surface area (Å²) in [6.45, 7) is 0. The van der Waals surface area contributed by atoms with Gasteiger partial charge < -0.3 is 5.11 Å². The van der Waals surface area contributed by atoms with Gasteiger partial charge in [0.25, 0.3) is 0 Å². The van der Waals surface area contributed by atoms with Crippen molar-refractivity contribution in [3.8, 4) is 0 Å². The minimum absolute atomic E-state index is 0.234. The van der Waals surface area contributed by atoms with Crippen molar-refractivity contribution in [2.24, 2.45) is 0 Å². The van der Waals surface area contributed by atoms with Crippen molar-refractivity contribution >= 4 is 37.6 Å². The maximum absolute atomic E-state index is 11.4. The van der Waals surface area contributed by atoms with Crippen LogP contribution in [-0.4, -0.2) is 10.9 Å². The first-order chi connectivity index (χ1) is 11.5. The largest absolute Gasteiger partial charge is 0.388 e. The fraction of sp³-hybridized carbons (Fsp3) is 0.350. The quantitative estimate of drug-likeness (QED) is 0.550. The maximum Gasteiger partial charge on any atom is 0.163 e. The predicted molar refractivity (Wildman–Crippen MR) is 103 cm³/mol. The van der Waals surface area contributed by atoms with Crippen LogP contribution < -0.4 is 0 Å². The fourth-order valence-electron chi connectivity index (χ4n) is 3.37. The Morgan fingerprint density at radius 2 is 1.54 bits per heavy atom. The van der Waals surface area contributed by atoms with Crippen LogP contribution in [0.5, 0.6) is 0 Å². The molecule has 126 valence electrons. The van der Waals surface area contributed by atoms with Gasteiger partial charge >= 0.3 is 0 Å². The van der Waals surface area contributed by atoms with E-state index in [0.29, 0.717) is 12.2 Å². The smallest absolute Gasteiger partial charge is 0.163 e. The van der Waals surface area contributed by atoms with Gasteiger partial charge in [-0.05, 0) is 73.1 Å². The normalized spacial score (nSPS) is 19.0. The van der Waals surface area contributed by atoms with Crippen LogP contribution in [0, 0.1) is 0 Å². The number of Topliss-reactive ketones (excluding diaryl/α,β-unsaturated/α-hetero) is 1. The SMILES string of the molecule is O=C1CCCc2cc(Br)ccc21.OC1CCCc2cc(Br)ccc21. The summed E-state index contributed by atoms with van der Waals surface area (Å²) in [6, 6.07) is 12.0. The van der Waals surface area contributed by atoms with E-state index in [2.05, 4.69) is 37.9 Å². The number of carbonyl (C=O) groups excluding carboxylic acids is 1. The van der Waals surface area contributed by atoms with Gasteiger partial charge in [-0.15, -0.1) is 0 Å². The number of hydrogen-bond acceptors (Lipinski definition) is 2. The fourth-order valence-corrected chi connectivity index (χ4v) is 4.19. The molecule has 2 aliphatic carbocycles. The van der Waals surface area contributed by atoms with Crippen molar-refractivity contribution in [3.63, 3.8) is 0 Å². The van der Waals surface area contributed by atoms with E-state index >= 15 is 0 Å². The average molecular weight is 452 g/mol. The molecular weight excluding hydrogens is 432 g/mol. The molecule has 0 aliphatic heterocycles. The lowest BCUT2D eigenvalue weighted by Gasteiger charge is -2.21. The van der Waals surface area contributed by atoms with Gasteiger partial charge in [0, 0.05) is 20.9 Å². The van der Waals surface area contributed by atoms with Crippen LogP contribution in [0.4, 0.5) is 0 Å². The van der Waals surface area contributed by atoms with Crippen LogP contribution in [-0.2, 0) is 12.8 Å². The van der Waals surface area contributed by atoms with Crippen molar-refractivity contribution in [1.82, 2.24) is 0 Å². The molecule has 4 heteroatoms. The molecular formula is C20H20Br2O2. The van der Waals surface area contributed by atoms with E-state index in [1.165, 1.54) is 11.1 Å². The second-order valence-electron chi connectivity index (χ2n) is 6.33. The predicted octanol–water partition coefficient (Wildman–Crippen LogP) is 5.79. The average Bonchev–Trinajstić information content (AvgIpc) is 2.55. The molecule has 2 aromatic carbocycles. The summed E-state index contributed by atoms with van der Waals surface area (Å²) in [6.07, 6.45) is 5.64. The van der Waals surface area contributed by atoms with E-state index in [-0.39, 0.29) is 6.10 Å². The Morgan fingerprint density at radius 1 is 0.875 bits per heavy atom. The van der Waals surface area contributed by atoms with Gasteiger partial charge in [-0.3, -0.25) is 4.79 Å². The topological polar surface area (TPSA) is 37.3 Å². The van der Waals surface area contributed by atoms with Gasteiger partial charge in [-0.2, -0.15) is 0 Å². The Labute approximate surface area is 159 Å². The van der Waals surface area contributed by atoms with Crippen LogP contribution in [0.2, 0.25) is 0 Å². The van der Waals surface area contributed by atoms with Crippen molar-refractivity contribution in [3.05, 3.63) is 67.6 Å². The second-order valence-corrected chi connectivity index (χ2v) is 8.16. The molecule has 0 saturated carbocycles. The van der Waals surface area contributed by atoms with Gasteiger partial charge in [0.1, 0.15) is 0 Å². The first-order valence-electron chi connectivity index (χ1n) is 8.32. The van der Waals surface area contributed by atoms with Gasteiger partial charge in [0.2, 0.25) is 0 Å². The number of aliphatic hydroxyl groups excluding tert-OH is 1.